The molecular weight excluding hydrogens is 404 g/mol. The second kappa shape index (κ2) is 9.36. The van der Waals surface area contributed by atoms with Crippen molar-refractivity contribution in [3.8, 4) is 11.5 Å². The molecule has 32 heavy (non-hydrogen) atoms. The van der Waals surface area contributed by atoms with E-state index < -0.39 is 0 Å². The number of nitrogens with one attached hydrogen (secondary N) is 1. The van der Waals surface area contributed by atoms with Gasteiger partial charge in [0.25, 0.3) is 11.8 Å². The van der Waals surface area contributed by atoms with Gasteiger partial charge in [-0.2, -0.15) is 0 Å². The van der Waals surface area contributed by atoms with Crippen LogP contribution in [0.1, 0.15) is 37.7 Å². The SMILES string of the molecule is CNC(=O)c1ccc(-c2nc(CN3CCN(C(=O)c4ccc(C)cc4)CC3)c(C)o2)cc1. The molecule has 0 atom stereocenters. The molecule has 1 saturated heterocycles. The second-order valence-electron chi connectivity index (χ2n) is 8.11. The topological polar surface area (TPSA) is 78.7 Å². The van der Waals surface area contributed by atoms with Crippen molar-refractivity contribution in [3.05, 3.63) is 76.7 Å². The van der Waals surface area contributed by atoms with Crippen LogP contribution in [0.4, 0.5) is 0 Å². The van der Waals surface area contributed by atoms with Gasteiger partial charge in [0.2, 0.25) is 5.89 Å². The summed E-state index contributed by atoms with van der Waals surface area (Å²) in [6.07, 6.45) is 0. The maximum atomic E-state index is 12.7. The van der Waals surface area contributed by atoms with Crippen LogP contribution < -0.4 is 5.32 Å². The van der Waals surface area contributed by atoms with Gasteiger partial charge in [-0.25, -0.2) is 4.98 Å². The Morgan fingerprint density at radius 1 is 0.938 bits per heavy atom. The third-order valence-corrected chi connectivity index (χ3v) is 5.85. The van der Waals surface area contributed by atoms with Gasteiger partial charge in [0.15, 0.2) is 0 Å². The number of aromatic nitrogens is 1. The van der Waals surface area contributed by atoms with E-state index in [2.05, 4.69) is 15.2 Å². The Balaban J connectivity index is 1.36. The molecule has 7 nitrogen and oxygen atoms in total. The number of aryl methyl sites for hydroxylation is 2. The zero-order valence-electron chi connectivity index (χ0n) is 18.7. The smallest absolute Gasteiger partial charge is 0.253 e. The lowest BCUT2D eigenvalue weighted by molar-refractivity contribution is 0.0626. The van der Waals surface area contributed by atoms with Crippen LogP contribution in [0.15, 0.2) is 52.9 Å². The van der Waals surface area contributed by atoms with E-state index in [1.54, 1.807) is 19.2 Å². The van der Waals surface area contributed by atoms with Gasteiger partial charge in [0, 0.05) is 56.5 Å². The van der Waals surface area contributed by atoms with Crippen LogP contribution in [0.25, 0.3) is 11.5 Å². The third-order valence-electron chi connectivity index (χ3n) is 5.85. The standard InChI is InChI=1S/C25H28N4O3/c1-17-4-6-21(7-5-17)25(31)29-14-12-28(13-15-29)16-22-18(2)32-24(27-22)20-10-8-19(9-11-20)23(30)26-3/h4-11H,12-16H2,1-3H3,(H,26,30). The van der Waals surface area contributed by atoms with Crippen molar-refractivity contribution in [2.45, 2.75) is 20.4 Å². The van der Waals surface area contributed by atoms with Crippen LogP contribution in [-0.2, 0) is 6.54 Å². The molecule has 0 saturated carbocycles. The average molecular weight is 433 g/mol. The number of benzene rings is 2. The quantitative estimate of drug-likeness (QED) is 0.670. The summed E-state index contributed by atoms with van der Waals surface area (Å²) >= 11 is 0. The molecule has 0 spiro atoms. The lowest BCUT2D eigenvalue weighted by atomic mass is 10.1. The summed E-state index contributed by atoms with van der Waals surface area (Å²) in [5, 5.41) is 2.61. The first kappa shape index (κ1) is 21.8. The molecule has 3 aromatic rings. The maximum Gasteiger partial charge on any atom is 0.253 e. The highest BCUT2D eigenvalue weighted by Crippen LogP contribution is 2.23. The zero-order chi connectivity index (χ0) is 22.7. The molecule has 1 fully saturated rings. The van der Waals surface area contributed by atoms with E-state index in [1.807, 2.05) is 55.1 Å². The number of hydrogen-bond donors (Lipinski definition) is 1. The predicted molar refractivity (Wildman–Crippen MR) is 122 cm³/mol. The van der Waals surface area contributed by atoms with E-state index >= 15 is 0 Å². The first-order chi connectivity index (χ1) is 15.4. The number of carbonyl (C=O) groups excluding carboxylic acids is 2. The minimum atomic E-state index is -0.124. The van der Waals surface area contributed by atoms with Gasteiger partial charge in [-0.05, 0) is 50.2 Å². The molecule has 0 aliphatic carbocycles. The fourth-order valence-electron chi connectivity index (χ4n) is 3.81. The molecule has 7 heteroatoms. The summed E-state index contributed by atoms with van der Waals surface area (Å²) in [5.74, 6) is 1.30. The van der Waals surface area contributed by atoms with Crippen molar-refractivity contribution in [1.29, 1.82) is 0 Å². The van der Waals surface area contributed by atoms with Crippen molar-refractivity contribution in [2.75, 3.05) is 33.2 Å². The molecule has 0 unspecified atom stereocenters. The summed E-state index contributed by atoms with van der Waals surface area (Å²) < 4.78 is 5.89. The van der Waals surface area contributed by atoms with Crippen molar-refractivity contribution < 1.29 is 14.0 Å². The van der Waals surface area contributed by atoms with Gasteiger partial charge >= 0.3 is 0 Å². The van der Waals surface area contributed by atoms with Crippen molar-refractivity contribution in [2.24, 2.45) is 0 Å². The summed E-state index contributed by atoms with van der Waals surface area (Å²) in [5.41, 5.74) is 4.21. The van der Waals surface area contributed by atoms with Crippen LogP contribution in [-0.4, -0.2) is 59.8 Å². The first-order valence-electron chi connectivity index (χ1n) is 10.8. The van der Waals surface area contributed by atoms with E-state index in [4.69, 9.17) is 4.42 Å². The summed E-state index contributed by atoms with van der Waals surface area (Å²) in [6.45, 7) is 7.58. The number of piperazine rings is 1. The van der Waals surface area contributed by atoms with Gasteiger partial charge < -0.3 is 14.6 Å². The van der Waals surface area contributed by atoms with Crippen molar-refractivity contribution in [3.63, 3.8) is 0 Å². The minimum absolute atomic E-state index is 0.0877. The van der Waals surface area contributed by atoms with Crippen LogP contribution in [0.5, 0.6) is 0 Å². The van der Waals surface area contributed by atoms with E-state index in [9.17, 15) is 9.59 Å². The molecule has 166 valence electrons. The number of rotatable bonds is 5. The van der Waals surface area contributed by atoms with Gasteiger partial charge in [-0.1, -0.05) is 17.7 Å². The fraction of sp³-hybridized carbons (Fsp3) is 0.320. The summed E-state index contributed by atoms with van der Waals surface area (Å²) in [4.78, 5) is 33.3. The lowest BCUT2D eigenvalue weighted by Crippen LogP contribution is -2.48. The van der Waals surface area contributed by atoms with Crippen LogP contribution >= 0.6 is 0 Å². The largest absolute Gasteiger partial charge is 0.441 e. The van der Waals surface area contributed by atoms with E-state index in [0.29, 0.717) is 31.1 Å². The number of amides is 2. The van der Waals surface area contributed by atoms with Gasteiger partial charge in [-0.15, -0.1) is 0 Å². The Kier molecular flexibility index (Phi) is 6.37. The predicted octanol–water partition coefficient (Wildman–Crippen LogP) is 3.28. The van der Waals surface area contributed by atoms with Gasteiger partial charge in [-0.3, -0.25) is 14.5 Å². The number of carbonyl (C=O) groups is 2. The van der Waals surface area contributed by atoms with Crippen LogP contribution in [0.3, 0.4) is 0 Å². The average Bonchev–Trinajstić information content (AvgIpc) is 3.19. The molecule has 2 aromatic carbocycles. The third kappa shape index (κ3) is 4.73. The Hall–Kier alpha value is -3.45. The van der Waals surface area contributed by atoms with E-state index in [-0.39, 0.29) is 11.8 Å². The molecular formula is C25H28N4O3. The highest BCUT2D eigenvalue weighted by molar-refractivity contribution is 5.94. The van der Waals surface area contributed by atoms with E-state index in [1.165, 1.54) is 0 Å². The normalized spacial score (nSPS) is 14.4. The highest BCUT2D eigenvalue weighted by atomic mass is 16.4. The Morgan fingerprint density at radius 3 is 2.19 bits per heavy atom. The molecule has 1 aliphatic rings. The number of nitrogens with zero attached hydrogens (tertiary/aromatic N) is 3. The summed E-state index contributed by atoms with van der Waals surface area (Å²) in [7, 11) is 1.61. The van der Waals surface area contributed by atoms with Crippen LogP contribution in [0.2, 0.25) is 0 Å². The highest BCUT2D eigenvalue weighted by Gasteiger charge is 2.23. The molecule has 2 amide bonds. The first-order valence-corrected chi connectivity index (χ1v) is 10.8. The lowest BCUT2D eigenvalue weighted by Gasteiger charge is -2.34. The Morgan fingerprint density at radius 2 is 1.56 bits per heavy atom. The molecule has 4 rings (SSSR count). The zero-order valence-corrected chi connectivity index (χ0v) is 18.7. The molecule has 1 N–H and O–H groups in total. The van der Waals surface area contributed by atoms with E-state index in [0.717, 1.165) is 41.2 Å². The molecule has 1 aromatic heterocycles. The van der Waals surface area contributed by atoms with Gasteiger partial charge in [0.05, 0.1) is 5.69 Å². The number of hydrogen-bond acceptors (Lipinski definition) is 5. The second-order valence-corrected chi connectivity index (χ2v) is 8.11. The van der Waals surface area contributed by atoms with Crippen molar-refractivity contribution >= 4 is 11.8 Å². The van der Waals surface area contributed by atoms with Gasteiger partial charge in [0.1, 0.15) is 5.76 Å². The van der Waals surface area contributed by atoms with Crippen molar-refractivity contribution in [1.82, 2.24) is 20.1 Å². The number of oxazole rings is 1. The Bertz CT molecular complexity index is 1100. The minimum Gasteiger partial charge on any atom is -0.441 e. The fourth-order valence-corrected chi connectivity index (χ4v) is 3.81. The Labute approximate surface area is 188 Å². The van der Waals surface area contributed by atoms with Crippen LogP contribution in [0, 0.1) is 13.8 Å². The summed E-state index contributed by atoms with van der Waals surface area (Å²) in [6, 6.07) is 14.9. The molecule has 1 aliphatic heterocycles. The maximum absolute atomic E-state index is 12.7. The monoisotopic (exact) mass is 432 g/mol. The molecule has 0 radical (unpaired) electrons. The molecule has 0 bridgehead atoms. The molecule has 2 heterocycles.